The minimum atomic E-state index is -5.12. The SMILES string of the molecule is N#CCN1CN(CC#N)C(C(F)(F)F)N(CC#N)C1C(F)(F)F. The van der Waals surface area contributed by atoms with E-state index in [0.29, 0.717) is 9.80 Å². The van der Waals surface area contributed by atoms with Crippen molar-refractivity contribution in [2.24, 2.45) is 0 Å². The lowest BCUT2D eigenvalue weighted by molar-refractivity contribution is -0.313. The molecule has 0 aliphatic carbocycles. The average molecular weight is 340 g/mol. The summed E-state index contributed by atoms with van der Waals surface area (Å²) in [4.78, 5) is 0.784. The summed E-state index contributed by atoms with van der Waals surface area (Å²) in [6, 6.07) is 4.16. The highest BCUT2D eigenvalue weighted by Gasteiger charge is 2.60. The molecule has 0 spiro atoms. The van der Waals surface area contributed by atoms with E-state index in [4.69, 9.17) is 15.8 Å². The summed E-state index contributed by atoms with van der Waals surface area (Å²) < 4.78 is 79.3. The molecule has 0 aromatic carbocycles. The molecule has 0 aromatic heterocycles. The second-order valence-electron chi connectivity index (χ2n) is 4.61. The minimum absolute atomic E-state index is 0.0990. The number of hydrogen-bond acceptors (Lipinski definition) is 6. The summed E-state index contributed by atoms with van der Waals surface area (Å²) in [5, 5.41) is 25.8. The first-order valence-electron chi connectivity index (χ1n) is 6.06. The number of alkyl halides is 6. The monoisotopic (exact) mass is 340 g/mol. The molecule has 23 heavy (non-hydrogen) atoms. The van der Waals surface area contributed by atoms with Gasteiger partial charge < -0.3 is 0 Å². The van der Waals surface area contributed by atoms with E-state index in [1.54, 1.807) is 0 Å². The number of halogens is 6. The molecule has 0 bridgehead atoms. The molecule has 2 atom stereocenters. The van der Waals surface area contributed by atoms with Crippen LogP contribution in [0, 0.1) is 34.0 Å². The Morgan fingerprint density at radius 3 is 1.35 bits per heavy atom. The van der Waals surface area contributed by atoms with E-state index in [-0.39, 0.29) is 4.90 Å². The van der Waals surface area contributed by atoms with E-state index in [9.17, 15) is 26.3 Å². The van der Waals surface area contributed by atoms with Gasteiger partial charge in [0.25, 0.3) is 0 Å². The van der Waals surface area contributed by atoms with Crippen LogP contribution in [0.15, 0.2) is 0 Å². The quantitative estimate of drug-likeness (QED) is 0.567. The van der Waals surface area contributed by atoms with Gasteiger partial charge in [0.1, 0.15) is 0 Å². The van der Waals surface area contributed by atoms with E-state index in [1.807, 2.05) is 0 Å². The Balaban J connectivity index is 3.39. The highest BCUT2D eigenvalue weighted by atomic mass is 19.4. The normalized spacial score (nSPS) is 24.7. The molecule has 2 unspecified atom stereocenters. The van der Waals surface area contributed by atoms with Gasteiger partial charge in [-0.2, -0.15) is 42.1 Å². The van der Waals surface area contributed by atoms with Crippen molar-refractivity contribution in [3.63, 3.8) is 0 Å². The molecule has 1 saturated heterocycles. The van der Waals surface area contributed by atoms with E-state index in [2.05, 4.69) is 0 Å². The molecular weight excluding hydrogens is 330 g/mol. The predicted molar refractivity (Wildman–Crippen MR) is 61.5 cm³/mol. The molecule has 1 aliphatic rings. The molecule has 12 heteroatoms. The van der Waals surface area contributed by atoms with E-state index >= 15 is 0 Å². The van der Waals surface area contributed by atoms with Gasteiger partial charge in [0.2, 0.25) is 0 Å². The van der Waals surface area contributed by atoms with Crippen molar-refractivity contribution in [1.82, 2.24) is 14.7 Å². The molecule has 0 amide bonds. The van der Waals surface area contributed by atoms with Gasteiger partial charge in [-0.25, -0.2) is 4.90 Å². The van der Waals surface area contributed by atoms with Gasteiger partial charge in [0.15, 0.2) is 12.3 Å². The van der Waals surface area contributed by atoms with E-state index in [0.717, 1.165) is 0 Å². The molecule has 0 N–H and O–H groups in total. The molecule has 0 saturated carbocycles. The van der Waals surface area contributed by atoms with Crippen molar-refractivity contribution >= 4 is 0 Å². The molecule has 126 valence electrons. The van der Waals surface area contributed by atoms with Crippen LogP contribution in [0.5, 0.6) is 0 Å². The molecule has 0 radical (unpaired) electrons. The lowest BCUT2D eigenvalue weighted by atomic mass is 10.2. The van der Waals surface area contributed by atoms with Crippen LogP contribution in [-0.4, -0.2) is 65.7 Å². The first kappa shape index (κ1) is 19.0. The maximum atomic E-state index is 13.2. The Morgan fingerprint density at radius 2 is 1.09 bits per heavy atom. The Bertz CT molecular complexity index is 498. The summed E-state index contributed by atoms with van der Waals surface area (Å²) in [6.07, 6.45) is -15.7. The maximum Gasteiger partial charge on any atom is 0.417 e. The predicted octanol–water partition coefficient (Wildman–Crippen LogP) is 1.21. The Hall–Kier alpha value is -2.07. The fourth-order valence-electron chi connectivity index (χ4n) is 2.44. The number of nitriles is 3. The molecular formula is C11H10F6N6. The smallest absolute Gasteiger partial charge is 0.254 e. The average Bonchev–Trinajstić information content (AvgIpc) is 2.36. The zero-order valence-electron chi connectivity index (χ0n) is 11.4. The largest absolute Gasteiger partial charge is 0.417 e. The maximum absolute atomic E-state index is 13.2. The van der Waals surface area contributed by atoms with Gasteiger partial charge in [-0.05, 0) is 0 Å². The van der Waals surface area contributed by atoms with Gasteiger partial charge >= 0.3 is 12.4 Å². The summed E-state index contributed by atoms with van der Waals surface area (Å²) >= 11 is 0. The van der Waals surface area contributed by atoms with Crippen LogP contribution in [0.3, 0.4) is 0 Å². The van der Waals surface area contributed by atoms with Crippen molar-refractivity contribution in [3.05, 3.63) is 0 Å². The fraction of sp³-hybridized carbons (Fsp3) is 0.727. The van der Waals surface area contributed by atoms with E-state index in [1.165, 1.54) is 18.2 Å². The van der Waals surface area contributed by atoms with Crippen LogP contribution in [0.25, 0.3) is 0 Å². The molecule has 1 aliphatic heterocycles. The van der Waals surface area contributed by atoms with Gasteiger partial charge in [-0.1, -0.05) is 0 Å². The molecule has 1 rings (SSSR count). The zero-order chi connectivity index (χ0) is 17.8. The van der Waals surface area contributed by atoms with Crippen LogP contribution in [0.2, 0.25) is 0 Å². The minimum Gasteiger partial charge on any atom is -0.254 e. The lowest BCUT2D eigenvalue weighted by Crippen LogP contribution is -2.73. The van der Waals surface area contributed by atoms with Crippen LogP contribution < -0.4 is 0 Å². The van der Waals surface area contributed by atoms with Gasteiger partial charge in [0, 0.05) is 0 Å². The molecule has 6 nitrogen and oxygen atoms in total. The first-order valence-corrected chi connectivity index (χ1v) is 6.06. The summed E-state index contributed by atoms with van der Waals surface area (Å²) in [6.45, 7) is -3.66. The van der Waals surface area contributed by atoms with Crippen molar-refractivity contribution in [2.45, 2.75) is 24.7 Å². The van der Waals surface area contributed by atoms with Gasteiger partial charge in [-0.3, -0.25) is 9.80 Å². The third-order valence-electron chi connectivity index (χ3n) is 3.07. The van der Waals surface area contributed by atoms with Gasteiger partial charge in [-0.15, -0.1) is 0 Å². The Morgan fingerprint density at radius 1 is 0.739 bits per heavy atom. The highest BCUT2D eigenvalue weighted by molar-refractivity contribution is 4.99. The van der Waals surface area contributed by atoms with Crippen LogP contribution in [-0.2, 0) is 0 Å². The van der Waals surface area contributed by atoms with Crippen molar-refractivity contribution < 1.29 is 26.3 Å². The third kappa shape index (κ3) is 4.23. The fourth-order valence-corrected chi connectivity index (χ4v) is 2.44. The number of hydrogen-bond donors (Lipinski definition) is 0. The molecule has 1 fully saturated rings. The van der Waals surface area contributed by atoms with Crippen LogP contribution in [0.4, 0.5) is 26.3 Å². The zero-order valence-corrected chi connectivity index (χ0v) is 11.4. The van der Waals surface area contributed by atoms with E-state index < -0.39 is 51.0 Å². The van der Waals surface area contributed by atoms with Crippen molar-refractivity contribution in [1.29, 1.82) is 15.8 Å². The molecule has 0 aromatic rings. The first-order chi connectivity index (χ1) is 10.6. The summed E-state index contributed by atoms with van der Waals surface area (Å²) in [7, 11) is 0. The highest BCUT2D eigenvalue weighted by Crippen LogP contribution is 2.38. The lowest BCUT2D eigenvalue weighted by Gasteiger charge is -2.51. The third-order valence-corrected chi connectivity index (χ3v) is 3.07. The standard InChI is InChI=1S/C11H10F6N6/c12-10(13,14)8-21(4-1-18)7-22(5-2-19)9(11(15,16)17)23(8)6-3-20/h8-9H,4-7H2. The van der Waals surface area contributed by atoms with Crippen LogP contribution in [0.1, 0.15) is 0 Å². The number of rotatable bonds is 3. The Kier molecular flexibility index (Phi) is 5.78. The number of nitrogens with zero attached hydrogens (tertiary/aromatic N) is 6. The van der Waals surface area contributed by atoms with Gasteiger partial charge in [0.05, 0.1) is 44.5 Å². The summed E-state index contributed by atoms with van der Waals surface area (Å²) in [5.41, 5.74) is 0. The molecule has 1 heterocycles. The van der Waals surface area contributed by atoms with Crippen molar-refractivity contribution in [2.75, 3.05) is 26.3 Å². The summed E-state index contributed by atoms with van der Waals surface area (Å²) in [5.74, 6) is 0. The van der Waals surface area contributed by atoms with Crippen molar-refractivity contribution in [3.8, 4) is 18.2 Å². The topological polar surface area (TPSA) is 81.1 Å². The Labute approximate surface area is 127 Å². The second kappa shape index (κ2) is 7.01. The van der Waals surface area contributed by atoms with Crippen LogP contribution >= 0.6 is 0 Å². The second-order valence-corrected chi connectivity index (χ2v) is 4.61.